The highest BCUT2D eigenvalue weighted by Crippen LogP contribution is 2.10. The lowest BCUT2D eigenvalue weighted by Crippen LogP contribution is -2.37. The Balaban J connectivity index is 2.68. The van der Waals surface area contributed by atoms with Gasteiger partial charge in [-0.15, -0.1) is 0 Å². The van der Waals surface area contributed by atoms with Crippen molar-refractivity contribution in [1.82, 2.24) is 4.31 Å². The summed E-state index contributed by atoms with van der Waals surface area (Å²) in [5.74, 6) is 0.146. The second-order valence-corrected chi connectivity index (χ2v) is 5.98. The highest BCUT2D eigenvalue weighted by molar-refractivity contribution is 7.89. The van der Waals surface area contributed by atoms with Gasteiger partial charge in [-0.05, 0) is 6.92 Å². The molecule has 1 aliphatic heterocycles. The Morgan fingerprint density at radius 3 is 2.92 bits per heavy atom. The predicted molar refractivity (Wildman–Crippen MR) is 54.6 cm³/mol. The lowest BCUT2D eigenvalue weighted by atomic mass is 10.4. The number of thiol groups is 1. The average molecular weight is 225 g/mol. The standard InChI is InChI=1S/C7H15NO3S2/c1-2-13(9,10)8-3-4-11-6-7(12)5-8/h7,12H,2-6H2,1H3. The van der Waals surface area contributed by atoms with Crippen molar-refractivity contribution in [2.24, 2.45) is 0 Å². The number of rotatable bonds is 2. The van der Waals surface area contributed by atoms with E-state index in [2.05, 4.69) is 12.6 Å². The Morgan fingerprint density at radius 1 is 1.62 bits per heavy atom. The minimum atomic E-state index is -3.07. The van der Waals surface area contributed by atoms with Crippen molar-refractivity contribution in [2.75, 3.05) is 32.1 Å². The topological polar surface area (TPSA) is 46.6 Å². The van der Waals surface area contributed by atoms with Crippen molar-refractivity contribution in [2.45, 2.75) is 12.2 Å². The molecule has 1 atom stereocenters. The van der Waals surface area contributed by atoms with Crippen molar-refractivity contribution >= 4 is 22.7 Å². The van der Waals surface area contributed by atoms with Crippen LogP contribution < -0.4 is 0 Å². The van der Waals surface area contributed by atoms with E-state index in [0.717, 1.165) is 0 Å². The van der Waals surface area contributed by atoms with Gasteiger partial charge < -0.3 is 4.74 Å². The van der Waals surface area contributed by atoms with Gasteiger partial charge in [0.2, 0.25) is 10.0 Å². The molecule has 78 valence electrons. The summed E-state index contributed by atoms with van der Waals surface area (Å²) in [5, 5.41) is -0.0103. The van der Waals surface area contributed by atoms with Crippen LogP contribution in [0, 0.1) is 0 Å². The molecule has 1 aliphatic rings. The Kier molecular flexibility index (Phi) is 4.03. The van der Waals surface area contributed by atoms with E-state index < -0.39 is 10.0 Å². The number of ether oxygens (including phenoxy) is 1. The lowest BCUT2D eigenvalue weighted by molar-refractivity contribution is 0.150. The van der Waals surface area contributed by atoms with E-state index in [9.17, 15) is 8.42 Å². The second-order valence-electron chi connectivity index (χ2n) is 2.99. The first-order valence-electron chi connectivity index (χ1n) is 4.30. The van der Waals surface area contributed by atoms with Crippen LogP contribution in [0.25, 0.3) is 0 Å². The molecule has 1 rings (SSSR count). The smallest absolute Gasteiger partial charge is 0.213 e. The molecule has 1 saturated heterocycles. The maximum atomic E-state index is 11.5. The van der Waals surface area contributed by atoms with Crippen molar-refractivity contribution in [3.05, 3.63) is 0 Å². The summed E-state index contributed by atoms with van der Waals surface area (Å²) >= 11 is 4.23. The fourth-order valence-electron chi connectivity index (χ4n) is 1.20. The fourth-order valence-corrected chi connectivity index (χ4v) is 2.74. The van der Waals surface area contributed by atoms with Gasteiger partial charge in [0.05, 0.1) is 19.0 Å². The third-order valence-corrected chi connectivity index (χ3v) is 4.13. The van der Waals surface area contributed by atoms with Gasteiger partial charge >= 0.3 is 0 Å². The zero-order valence-electron chi connectivity index (χ0n) is 7.64. The summed E-state index contributed by atoms with van der Waals surface area (Å²) in [6.07, 6.45) is 0. The van der Waals surface area contributed by atoms with E-state index in [1.807, 2.05) is 0 Å². The van der Waals surface area contributed by atoms with Crippen molar-refractivity contribution in [3.63, 3.8) is 0 Å². The van der Waals surface area contributed by atoms with E-state index >= 15 is 0 Å². The van der Waals surface area contributed by atoms with Crippen LogP contribution in [0.15, 0.2) is 0 Å². The molecule has 0 spiro atoms. The summed E-state index contributed by atoms with van der Waals surface area (Å²) in [5.41, 5.74) is 0. The van der Waals surface area contributed by atoms with Gasteiger partial charge in [-0.1, -0.05) is 0 Å². The van der Waals surface area contributed by atoms with Gasteiger partial charge in [0, 0.05) is 18.3 Å². The van der Waals surface area contributed by atoms with Crippen LogP contribution >= 0.6 is 12.6 Å². The Hall–Kier alpha value is 0.220. The SMILES string of the molecule is CCS(=O)(=O)N1CCOCC(S)C1. The molecule has 0 saturated carbocycles. The first-order chi connectivity index (χ1) is 6.06. The Bertz CT molecular complexity index is 252. The molecule has 0 aromatic carbocycles. The lowest BCUT2D eigenvalue weighted by Gasteiger charge is -2.19. The first-order valence-corrected chi connectivity index (χ1v) is 6.42. The summed E-state index contributed by atoms with van der Waals surface area (Å²) in [6, 6.07) is 0. The van der Waals surface area contributed by atoms with Crippen LogP contribution in [0.2, 0.25) is 0 Å². The maximum absolute atomic E-state index is 11.5. The molecule has 1 heterocycles. The molecule has 0 amide bonds. The van der Waals surface area contributed by atoms with Gasteiger partial charge in [0.25, 0.3) is 0 Å². The van der Waals surface area contributed by atoms with E-state index in [4.69, 9.17) is 4.74 Å². The third-order valence-electron chi connectivity index (χ3n) is 1.97. The van der Waals surface area contributed by atoms with Crippen molar-refractivity contribution < 1.29 is 13.2 Å². The minimum Gasteiger partial charge on any atom is -0.379 e. The van der Waals surface area contributed by atoms with Crippen molar-refractivity contribution in [1.29, 1.82) is 0 Å². The molecule has 1 fully saturated rings. The van der Waals surface area contributed by atoms with Crippen LogP contribution in [0.3, 0.4) is 0 Å². The summed E-state index contributed by atoms with van der Waals surface area (Å²) in [6.45, 7) is 3.55. The van der Waals surface area contributed by atoms with Gasteiger partial charge in [-0.2, -0.15) is 16.9 Å². The van der Waals surface area contributed by atoms with Crippen LogP contribution in [0.4, 0.5) is 0 Å². The van der Waals surface area contributed by atoms with E-state index in [0.29, 0.717) is 26.3 Å². The Morgan fingerprint density at radius 2 is 2.31 bits per heavy atom. The highest BCUT2D eigenvalue weighted by Gasteiger charge is 2.24. The fraction of sp³-hybridized carbons (Fsp3) is 1.00. The highest BCUT2D eigenvalue weighted by atomic mass is 32.2. The van der Waals surface area contributed by atoms with Gasteiger partial charge in [0.15, 0.2) is 0 Å². The third kappa shape index (κ3) is 3.12. The number of nitrogens with zero attached hydrogens (tertiary/aromatic N) is 1. The van der Waals surface area contributed by atoms with E-state index in [1.54, 1.807) is 6.92 Å². The molecule has 0 aliphatic carbocycles. The number of hydrogen-bond donors (Lipinski definition) is 1. The molecular formula is C7H15NO3S2. The van der Waals surface area contributed by atoms with Crippen molar-refractivity contribution in [3.8, 4) is 0 Å². The van der Waals surface area contributed by atoms with Gasteiger partial charge in [-0.3, -0.25) is 0 Å². The molecule has 0 bridgehead atoms. The van der Waals surface area contributed by atoms with E-state index in [-0.39, 0.29) is 11.0 Å². The summed E-state index contributed by atoms with van der Waals surface area (Å²) in [4.78, 5) is 0. The van der Waals surface area contributed by atoms with Crippen LogP contribution in [-0.2, 0) is 14.8 Å². The normalized spacial score (nSPS) is 27.1. The molecular weight excluding hydrogens is 210 g/mol. The Labute approximate surface area is 84.7 Å². The molecule has 0 aromatic rings. The monoisotopic (exact) mass is 225 g/mol. The molecule has 0 aromatic heterocycles. The molecule has 6 heteroatoms. The number of hydrogen-bond acceptors (Lipinski definition) is 4. The van der Waals surface area contributed by atoms with Crippen LogP contribution in [-0.4, -0.2) is 50.0 Å². The van der Waals surface area contributed by atoms with E-state index in [1.165, 1.54) is 4.31 Å². The molecule has 0 N–H and O–H groups in total. The molecule has 13 heavy (non-hydrogen) atoms. The van der Waals surface area contributed by atoms with Crippen LogP contribution in [0.5, 0.6) is 0 Å². The molecule has 0 radical (unpaired) electrons. The minimum absolute atomic E-state index is 0.0103. The summed E-state index contributed by atoms with van der Waals surface area (Å²) in [7, 11) is -3.07. The van der Waals surface area contributed by atoms with Gasteiger partial charge in [-0.25, -0.2) is 8.42 Å². The molecule has 4 nitrogen and oxygen atoms in total. The largest absolute Gasteiger partial charge is 0.379 e. The first kappa shape index (κ1) is 11.3. The zero-order valence-corrected chi connectivity index (χ0v) is 9.35. The summed E-state index contributed by atoms with van der Waals surface area (Å²) < 4.78 is 29.6. The molecule has 1 unspecified atom stereocenters. The quantitative estimate of drug-likeness (QED) is 0.671. The number of sulfonamides is 1. The van der Waals surface area contributed by atoms with Crippen LogP contribution in [0.1, 0.15) is 6.92 Å². The zero-order chi connectivity index (χ0) is 9.90. The van der Waals surface area contributed by atoms with Gasteiger partial charge in [0.1, 0.15) is 0 Å². The second kappa shape index (κ2) is 4.63. The average Bonchev–Trinajstić information content (AvgIpc) is 2.30. The predicted octanol–water partition coefficient (Wildman–Crippen LogP) is -0.0333. The maximum Gasteiger partial charge on any atom is 0.213 e.